The van der Waals surface area contributed by atoms with E-state index in [1.165, 1.54) is 12.1 Å². The van der Waals surface area contributed by atoms with Crippen LogP contribution < -0.4 is 4.84 Å². The number of tetrazole rings is 1. The van der Waals surface area contributed by atoms with E-state index in [9.17, 15) is 18.0 Å². The Hall–Kier alpha value is -2.45. The van der Waals surface area contributed by atoms with Gasteiger partial charge in [0.15, 0.2) is 0 Å². The molecule has 2 rings (SSSR count). The Morgan fingerprint density at radius 1 is 1.37 bits per heavy atom. The maximum Gasteiger partial charge on any atom is 0.416 e. The van der Waals surface area contributed by atoms with Gasteiger partial charge in [-0.2, -0.15) is 13.2 Å². The van der Waals surface area contributed by atoms with Gasteiger partial charge in [-0.05, 0) is 27.4 Å². The van der Waals surface area contributed by atoms with Crippen molar-refractivity contribution in [1.82, 2.24) is 20.4 Å². The number of nitrogens with zero attached hydrogens (tertiary/aromatic N) is 4. The predicted octanol–water partition coefficient (Wildman–Crippen LogP) is 1.33. The summed E-state index contributed by atoms with van der Waals surface area (Å²) in [5.41, 5.74) is -0.761. The summed E-state index contributed by atoms with van der Waals surface area (Å²) in [6.07, 6.45) is -4.48. The number of carbonyl (C=O) groups is 1. The van der Waals surface area contributed by atoms with Crippen LogP contribution in [0.25, 0.3) is 11.4 Å². The Bertz CT molecular complexity index is 609. The minimum absolute atomic E-state index is 0.0843. The van der Waals surface area contributed by atoms with Gasteiger partial charge < -0.3 is 4.84 Å². The highest BCUT2D eigenvalue weighted by Gasteiger charge is 2.31. The summed E-state index contributed by atoms with van der Waals surface area (Å²) in [6.45, 7) is 1.12. The average molecular weight is 272 g/mol. The molecule has 0 aliphatic carbocycles. The zero-order chi connectivity index (χ0) is 14.0. The van der Waals surface area contributed by atoms with Crippen molar-refractivity contribution in [3.05, 3.63) is 29.8 Å². The smallest absolute Gasteiger partial charge is 0.316 e. The number of benzene rings is 1. The number of hydrogen-bond acceptors (Lipinski definition) is 5. The summed E-state index contributed by atoms with van der Waals surface area (Å²) in [5.74, 6) is -0.790. The summed E-state index contributed by atoms with van der Waals surface area (Å²) in [5, 5.41) is 10.1. The highest BCUT2D eigenvalue weighted by Crippen LogP contribution is 2.31. The van der Waals surface area contributed by atoms with Crippen LogP contribution >= 0.6 is 0 Å². The Kier molecular flexibility index (Phi) is 3.19. The topological polar surface area (TPSA) is 69.9 Å². The van der Waals surface area contributed by atoms with E-state index >= 15 is 0 Å². The largest absolute Gasteiger partial charge is 0.416 e. The molecule has 1 heterocycles. The molecular weight excluding hydrogens is 265 g/mol. The lowest BCUT2D eigenvalue weighted by molar-refractivity contribution is -0.143. The van der Waals surface area contributed by atoms with Crippen LogP contribution in [0.1, 0.15) is 12.5 Å². The number of aromatic nitrogens is 4. The van der Waals surface area contributed by atoms with Crippen LogP contribution in [0.5, 0.6) is 0 Å². The van der Waals surface area contributed by atoms with Crippen LogP contribution in [0.15, 0.2) is 24.3 Å². The lowest BCUT2D eigenvalue weighted by Crippen LogP contribution is -2.19. The second-order valence-electron chi connectivity index (χ2n) is 3.54. The number of halogens is 3. The molecule has 0 aliphatic rings. The maximum absolute atomic E-state index is 12.6. The third-order valence-electron chi connectivity index (χ3n) is 2.10. The Balaban J connectivity index is 2.42. The molecule has 0 saturated heterocycles. The zero-order valence-corrected chi connectivity index (χ0v) is 9.55. The maximum atomic E-state index is 12.6. The fourth-order valence-corrected chi connectivity index (χ4v) is 1.37. The summed E-state index contributed by atoms with van der Waals surface area (Å²) < 4.78 is 37.7. The fourth-order valence-electron chi connectivity index (χ4n) is 1.37. The molecule has 0 radical (unpaired) electrons. The van der Waals surface area contributed by atoms with Crippen molar-refractivity contribution < 1.29 is 22.8 Å². The van der Waals surface area contributed by atoms with E-state index in [1.54, 1.807) is 0 Å². The summed E-state index contributed by atoms with van der Waals surface area (Å²) in [7, 11) is 0. The molecule has 2 aromatic rings. The molecule has 0 fully saturated rings. The van der Waals surface area contributed by atoms with Crippen LogP contribution in [-0.2, 0) is 11.0 Å². The van der Waals surface area contributed by atoms with Gasteiger partial charge in [-0.3, -0.25) is 0 Å². The number of hydrogen-bond donors (Lipinski definition) is 0. The summed E-state index contributed by atoms with van der Waals surface area (Å²) >= 11 is 0. The van der Waals surface area contributed by atoms with E-state index in [0.717, 1.165) is 19.1 Å². The fraction of sp³-hybridized carbons (Fsp3) is 0.200. The van der Waals surface area contributed by atoms with E-state index in [4.69, 9.17) is 0 Å². The average Bonchev–Trinajstić information content (AvgIpc) is 2.75. The molecular formula is C10H7F3N4O2. The van der Waals surface area contributed by atoms with E-state index < -0.39 is 17.7 Å². The number of rotatable bonds is 2. The van der Waals surface area contributed by atoms with Gasteiger partial charge in [0.05, 0.1) is 5.56 Å². The standard InChI is InChI=1S/C10H7F3N4O2/c1-6(18)19-17-9(14-15-16-17)7-3-2-4-8(5-7)10(11,12)13/h2-5H,1H3. The van der Waals surface area contributed by atoms with Gasteiger partial charge in [0.1, 0.15) is 0 Å². The molecule has 0 aliphatic heterocycles. The molecule has 100 valence electrons. The van der Waals surface area contributed by atoms with Crippen LogP contribution in [0.3, 0.4) is 0 Å². The second kappa shape index (κ2) is 4.67. The van der Waals surface area contributed by atoms with Crippen molar-refractivity contribution in [3.8, 4) is 11.4 Å². The van der Waals surface area contributed by atoms with Gasteiger partial charge in [-0.25, -0.2) is 4.79 Å². The molecule has 0 unspecified atom stereocenters. The third-order valence-corrected chi connectivity index (χ3v) is 2.10. The van der Waals surface area contributed by atoms with Crippen molar-refractivity contribution >= 4 is 5.97 Å². The first-order valence-electron chi connectivity index (χ1n) is 5.03. The van der Waals surface area contributed by atoms with Crippen LogP contribution in [0.4, 0.5) is 13.2 Å². The molecule has 0 amide bonds. The monoisotopic (exact) mass is 272 g/mol. The van der Waals surface area contributed by atoms with E-state index in [2.05, 4.69) is 20.4 Å². The van der Waals surface area contributed by atoms with Crippen molar-refractivity contribution in [2.45, 2.75) is 13.1 Å². The summed E-state index contributed by atoms with van der Waals surface area (Å²) in [4.78, 5) is 16.1. The normalized spacial score (nSPS) is 11.4. The molecule has 19 heavy (non-hydrogen) atoms. The summed E-state index contributed by atoms with van der Waals surface area (Å²) in [6, 6.07) is 4.38. The lowest BCUT2D eigenvalue weighted by Gasteiger charge is -2.08. The van der Waals surface area contributed by atoms with E-state index in [1.807, 2.05) is 0 Å². The molecule has 1 aromatic carbocycles. The minimum Gasteiger partial charge on any atom is -0.316 e. The molecule has 0 bridgehead atoms. The van der Waals surface area contributed by atoms with Crippen molar-refractivity contribution in [2.24, 2.45) is 0 Å². The Labute approximate surface area is 104 Å². The molecule has 0 N–H and O–H groups in total. The van der Waals surface area contributed by atoms with Crippen LogP contribution in [-0.4, -0.2) is 26.3 Å². The van der Waals surface area contributed by atoms with Crippen LogP contribution in [0.2, 0.25) is 0 Å². The Morgan fingerprint density at radius 2 is 2.11 bits per heavy atom. The van der Waals surface area contributed by atoms with Gasteiger partial charge in [0.2, 0.25) is 5.82 Å². The molecule has 1 aromatic heterocycles. The van der Waals surface area contributed by atoms with E-state index in [-0.39, 0.29) is 11.4 Å². The third kappa shape index (κ3) is 2.87. The van der Waals surface area contributed by atoms with E-state index in [0.29, 0.717) is 4.85 Å². The van der Waals surface area contributed by atoms with Gasteiger partial charge in [-0.1, -0.05) is 12.1 Å². The van der Waals surface area contributed by atoms with Crippen molar-refractivity contribution in [3.63, 3.8) is 0 Å². The van der Waals surface area contributed by atoms with Crippen molar-refractivity contribution in [1.29, 1.82) is 0 Å². The predicted molar refractivity (Wildman–Crippen MR) is 55.5 cm³/mol. The molecule has 0 saturated carbocycles. The second-order valence-corrected chi connectivity index (χ2v) is 3.54. The minimum atomic E-state index is -4.48. The first-order valence-corrected chi connectivity index (χ1v) is 5.03. The molecule has 6 nitrogen and oxygen atoms in total. The van der Waals surface area contributed by atoms with Gasteiger partial charge >= 0.3 is 12.1 Å². The highest BCUT2D eigenvalue weighted by molar-refractivity contribution is 5.66. The molecule has 9 heteroatoms. The number of alkyl halides is 3. The molecule has 0 atom stereocenters. The molecule has 0 spiro atoms. The number of carbonyl (C=O) groups excluding carboxylic acids is 1. The Morgan fingerprint density at radius 3 is 2.74 bits per heavy atom. The zero-order valence-electron chi connectivity index (χ0n) is 9.55. The highest BCUT2D eigenvalue weighted by atomic mass is 19.4. The van der Waals surface area contributed by atoms with Gasteiger partial charge in [0.25, 0.3) is 0 Å². The first-order chi connectivity index (χ1) is 8.88. The first kappa shape index (κ1) is 13.0. The van der Waals surface area contributed by atoms with Gasteiger partial charge in [0, 0.05) is 12.5 Å². The quantitative estimate of drug-likeness (QED) is 0.771. The lowest BCUT2D eigenvalue weighted by atomic mass is 10.1. The van der Waals surface area contributed by atoms with Crippen molar-refractivity contribution in [2.75, 3.05) is 0 Å². The van der Waals surface area contributed by atoms with Crippen LogP contribution in [0, 0.1) is 0 Å². The van der Waals surface area contributed by atoms with Gasteiger partial charge in [-0.15, -0.1) is 5.10 Å². The SMILES string of the molecule is CC(=O)On1nnnc1-c1cccc(C(F)(F)F)c1.